The average Bonchev–Trinajstić information content (AvgIpc) is 2.65. The summed E-state index contributed by atoms with van der Waals surface area (Å²) in [6.07, 6.45) is 3.38. The molecule has 78 valence electrons. The summed E-state index contributed by atoms with van der Waals surface area (Å²) in [7, 11) is 0. The lowest BCUT2D eigenvalue weighted by atomic mass is 10.2. The van der Waals surface area contributed by atoms with Gasteiger partial charge < -0.3 is 9.47 Å². The summed E-state index contributed by atoms with van der Waals surface area (Å²) in [4.78, 5) is 10.8. The molecule has 1 aliphatic heterocycles. The molecule has 0 bridgehead atoms. The molecule has 0 saturated heterocycles. The number of cyclic esters (lactones) is 1. The Morgan fingerprint density at radius 1 is 1.33 bits per heavy atom. The van der Waals surface area contributed by atoms with Crippen LogP contribution in [0.1, 0.15) is 12.5 Å². The van der Waals surface area contributed by atoms with Crippen LogP contribution in [0.2, 0.25) is 0 Å². The first-order valence-electron chi connectivity index (χ1n) is 4.92. The maximum atomic E-state index is 10.8. The third-order valence-electron chi connectivity index (χ3n) is 2.21. The van der Waals surface area contributed by atoms with Crippen molar-refractivity contribution in [2.75, 3.05) is 0 Å². The molecule has 1 atom stereocenters. The zero-order valence-electron chi connectivity index (χ0n) is 8.47. The number of hydrogen-bond acceptors (Lipinski definition) is 3. The Kier molecular flexibility index (Phi) is 2.72. The molecule has 1 aromatic rings. The Bertz CT molecular complexity index is 378. The molecule has 15 heavy (non-hydrogen) atoms. The van der Waals surface area contributed by atoms with Crippen molar-refractivity contribution < 1.29 is 14.3 Å². The van der Waals surface area contributed by atoms with Crippen molar-refractivity contribution in [1.29, 1.82) is 0 Å². The second-order valence-corrected chi connectivity index (χ2v) is 3.28. The molecule has 0 radical (unpaired) electrons. The second kappa shape index (κ2) is 4.17. The fourth-order valence-electron chi connectivity index (χ4n) is 1.35. The summed E-state index contributed by atoms with van der Waals surface area (Å²) >= 11 is 0. The number of ether oxygens (including phenoxy) is 2. The number of hydrogen-bond donors (Lipinski definition) is 0. The first kappa shape index (κ1) is 9.77. The molecule has 0 saturated carbocycles. The van der Waals surface area contributed by atoms with Gasteiger partial charge in [0.2, 0.25) is 0 Å². The molecule has 3 heteroatoms. The van der Waals surface area contributed by atoms with Crippen LogP contribution in [-0.4, -0.2) is 12.3 Å². The van der Waals surface area contributed by atoms with E-state index >= 15 is 0 Å². The smallest absolute Gasteiger partial charge is 0.334 e. The maximum Gasteiger partial charge on any atom is 0.334 e. The van der Waals surface area contributed by atoms with Crippen molar-refractivity contribution in [3.8, 4) is 5.75 Å². The van der Waals surface area contributed by atoms with Gasteiger partial charge in [-0.2, -0.15) is 0 Å². The monoisotopic (exact) mass is 204 g/mol. The minimum Gasteiger partial charge on any atom is -0.451 e. The van der Waals surface area contributed by atoms with Crippen LogP contribution in [0.3, 0.4) is 0 Å². The molecule has 1 aliphatic rings. The summed E-state index contributed by atoms with van der Waals surface area (Å²) in [6.45, 7) is 2.09. The molecular formula is C12H12O3. The van der Waals surface area contributed by atoms with Gasteiger partial charge in [-0.1, -0.05) is 19.1 Å². The number of aryl methyl sites for hydroxylation is 1. The second-order valence-electron chi connectivity index (χ2n) is 3.28. The summed E-state index contributed by atoms with van der Waals surface area (Å²) in [5, 5.41) is 0. The standard InChI is InChI=1S/C12H12O3/c1-2-9-3-5-10(6-4-9)14-12-8-7-11(13)15-12/h3-8,12H,2H2,1H3. The van der Waals surface area contributed by atoms with E-state index in [1.165, 1.54) is 11.6 Å². The van der Waals surface area contributed by atoms with Crippen LogP contribution in [-0.2, 0) is 16.0 Å². The number of rotatable bonds is 3. The van der Waals surface area contributed by atoms with Crippen molar-refractivity contribution in [3.63, 3.8) is 0 Å². The highest BCUT2D eigenvalue weighted by Crippen LogP contribution is 2.16. The largest absolute Gasteiger partial charge is 0.451 e. The van der Waals surface area contributed by atoms with Crippen molar-refractivity contribution in [2.24, 2.45) is 0 Å². The molecule has 0 N–H and O–H groups in total. The lowest BCUT2D eigenvalue weighted by molar-refractivity contribution is -0.147. The zero-order chi connectivity index (χ0) is 10.7. The summed E-state index contributed by atoms with van der Waals surface area (Å²) < 4.78 is 10.3. The van der Waals surface area contributed by atoms with Gasteiger partial charge >= 0.3 is 5.97 Å². The van der Waals surface area contributed by atoms with Crippen LogP contribution in [0.15, 0.2) is 36.4 Å². The van der Waals surface area contributed by atoms with Crippen LogP contribution in [0.4, 0.5) is 0 Å². The molecule has 0 amide bonds. The van der Waals surface area contributed by atoms with E-state index < -0.39 is 6.29 Å². The van der Waals surface area contributed by atoms with Crippen molar-refractivity contribution >= 4 is 5.97 Å². The van der Waals surface area contributed by atoms with Crippen LogP contribution in [0.25, 0.3) is 0 Å². The van der Waals surface area contributed by atoms with E-state index in [0.717, 1.165) is 6.42 Å². The van der Waals surface area contributed by atoms with Crippen molar-refractivity contribution in [3.05, 3.63) is 42.0 Å². The van der Waals surface area contributed by atoms with Crippen molar-refractivity contribution in [2.45, 2.75) is 19.6 Å². The van der Waals surface area contributed by atoms with E-state index in [1.54, 1.807) is 6.08 Å². The van der Waals surface area contributed by atoms with Gasteiger partial charge in [-0.25, -0.2) is 4.79 Å². The Hall–Kier alpha value is -1.77. The highest BCUT2D eigenvalue weighted by atomic mass is 16.7. The minimum absolute atomic E-state index is 0.356. The third kappa shape index (κ3) is 2.37. The summed E-state index contributed by atoms with van der Waals surface area (Å²) in [5.41, 5.74) is 1.25. The lowest BCUT2D eigenvalue weighted by Gasteiger charge is -2.11. The predicted molar refractivity (Wildman–Crippen MR) is 55.5 cm³/mol. The molecule has 0 aliphatic carbocycles. The fourth-order valence-corrected chi connectivity index (χ4v) is 1.35. The molecule has 2 rings (SSSR count). The number of esters is 1. The van der Waals surface area contributed by atoms with Crippen LogP contribution in [0, 0.1) is 0 Å². The molecule has 1 aromatic carbocycles. The van der Waals surface area contributed by atoms with E-state index in [9.17, 15) is 4.79 Å². The normalized spacial score (nSPS) is 19.0. The number of carbonyl (C=O) groups is 1. The van der Waals surface area contributed by atoms with Gasteiger partial charge in [-0.3, -0.25) is 0 Å². The lowest BCUT2D eigenvalue weighted by Crippen LogP contribution is -2.15. The Morgan fingerprint density at radius 3 is 2.60 bits per heavy atom. The Morgan fingerprint density at radius 2 is 2.07 bits per heavy atom. The predicted octanol–water partition coefficient (Wildman–Crippen LogP) is 2.07. The molecule has 0 spiro atoms. The van der Waals surface area contributed by atoms with E-state index in [0.29, 0.717) is 5.75 Å². The highest BCUT2D eigenvalue weighted by molar-refractivity contribution is 5.84. The first-order chi connectivity index (χ1) is 7.28. The molecule has 3 nitrogen and oxygen atoms in total. The molecule has 1 unspecified atom stereocenters. The van der Waals surface area contributed by atoms with Gasteiger partial charge in [0.15, 0.2) is 0 Å². The van der Waals surface area contributed by atoms with Gasteiger partial charge in [0.25, 0.3) is 6.29 Å². The minimum atomic E-state index is -0.579. The van der Waals surface area contributed by atoms with Crippen LogP contribution < -0.4 is 4.74 Å². The number of benzene rings is 1. The van der Waals surface area contributed by atoms with E-state index in [1.807, 2.05) is 24.3 Å². The summed E-state index contributed by atoms with van der Waals surface area (Å²) in [5.74, 6) is 0.349. The quantitative estimate of drug-likeness (QED) is 0.707. The molecular weight excluding hydrogens is 192 g/mol. The fraction of sp³-hybridized carbons (Fsp3) is 0.250. The average molecular weight is 204 g/mol. The zero-order valence-corrected chi connectivity index (χ0v) is 8.47. The van der Waals surface area contributed by atoms with Crippen LogP contribution in [0.5, 0.6) is 5.75 Å². The van der Waals surface area contributed by atoms with Gasteiger partial charge in [0.1, 0.15) is 5.75 Å². The van der Waals surface area contributed by atoms with E-state index in [2.05, 4.69) is 6.92 Å². The Labute approximate surface area is 88.3 Å². The third-order valence-corrected chi connectivity index (χ3v) is 2.21. The van der Waals surface area contributed by atoms with Gasteiger partial charge in [0, 0.05) is 12.2 Å². The molecule has 0 aromatic heterocycles. The van der Waals surface area contributed by atoms with Gasteiger partial charge in [0.05, 0.1) is 0 Å². The van der Waals surface area contributed by atoms with Gasteiger partial charge in [-0.05, 0) is 24.1 Å². The van der Waals surface area contributed by atoms with Gasteiger partial charge in [-0.15, -0.1) is 0 Å². The topological polar surface area (TPSA) is 35.5 Å². The SMILES string of the molecule is CCc1ccc(OC2C=CC(=O)O2)cc1. The summed E-state index contributed by atoms with van der Waals surface area (Å²) in [6, 6.07) is 7.74. The van der Waals surface area contributed by atoms with Crippen LogP contribution >= 0.6 is 0 Å². The van der Waals surface area contributed by atoms with Crippen molar-refractivity contribution in [1.82, 2.24) is 0 Å². The Balaban J connectivity index is 1.99. The highest BCUT2D eigenvalue weighted by Gasteiger charge is 2.17. The maximum absolute atomic E-state index is 10.8. The molecule has 0 fully saturated rings. The van der Waals surface area contributed by atoms with E-state index in [4.69, 9.17) is 9.47 Å². The number of carbonyl (C=O) groups excluding carboxylic acids is 1. The first-order valence-corrected chi connectivity index (χ1v) is 4.92. The molecule has 1 heterocycles. The van der Waals surface area contributed by atoms with E-state index in [-0.39, 0.29) is 5.97 Å².